The van der Waals surface area contributed by atoms with Gasteiger partial charge in [-0.15, -0.1) is 0 Å². The van der Waals surface area contributed by atoms with Crippen LogP contribution in [0.5, 0.6) is 0 Å². The van der Waals surface area contributed by atoms with E-state index in [1.807, 2.05) is 18.2 Å². The van der Waals surface area contributed by atoms with Crippen molar-refractivity contribution in [1.29, 1.82) is 0 Å². The molecule has 0 unspecified atom stereocenters. The van der Waals surface area contributed by atoms with Crippen molar-refractivity contribution >= 4 is 23.2 Å². The number of carbonyl (C=O) groups excluding carboxylic acids is 1. The van der Waals surface area contributed by atoms with Crippen molar-refractivity contribution in [2.24, 2.45) is 5.73 Å². The number of hydrogen-bond acceptors (Lipinski definition) is 3. The number of ether oxygens (including phenoxy) is 1. The Morgan fingerprint density at radius 2 is 2.00 bits per heavy atom. The maximum Gasteiger partial charge on any atom is 0.250 e. The Labute approximate surface area is 128 Å². The molecule has 0 bridgehead atoms. The highest BCUT2D eigenvalue weighted by atomic mass is 35.5. The molecule has 1 amide bonds. The van der Waals surface area contributed by atoms with Crippen LogP contribution in [0.25, 0.3) is 0 Å². The molecule has 0 saturated carbocycles. The fourth-order valence-electron chi connectivity index (χ4n) is 2.03. The van der Waals surface area contributed by atoms with Crippen LogP contribution in [0.4, 0.5) is 5.69 Å². The minimum atomic E-state index is -0.529. The van der Waals surface area contributed by atoms with E-state index in [9.17, 15) is 4.79 Å². The summed E-state index contributed by atoms with van der Waals surface area (Å²) in [7, 11) is 1.67. The van der Waals surface area contributed by atoms with Gasteiger partial charge in [-0.05, 0) is 29.3 Å². The van der Waals surface area contributed by atoms with Crippen LogP contribution in [0.3, 0.4) is 0 Å². The first-order valence-corrected chi connectivity index (χ1v) is 6.88. The van der Waals surface area contributed by atoms with Crippen LogP contribution in [-0.2, 0) is 17.9 Å². The van der Waals surface area contributed by atoms with Crippen molar-refractivity contribution in [3.63, 3.8) is 0 Å². The lowest BCUT2D eigenvalue weighted by atomic mass is 10.1. The molecule has 0 aromatic heterocycles. The molecular weight excluding hydrogens is 288 g/mol. The Kier molecular flexibility index (Phi) is 5.20. The van der Waals surface area contributed by atoms with Crippen LogP contribution in [0, 0.1) is 0 Å². The minimum Gasteiger partial charge on any atom is -0.381 e. The third-order valence-corrected chi connectivity index (χ3v) is 3.35. The molecule has 21 heavy (non-hydrogen) atoms. The van der Waals surface area contributed by atoms with Crippen LogP contribution in [-0.4, -0.2) is 13.0 Å². The Hall–Kier alpha value is -2.04. The highest BCUT2D eigenvalue weighted by Gasteiger charge is 2.06. The summed E-state index contributed by atoms with van der Waals surface area (Å²) in [6.07, 6.45) is 0. The summed E-state index contributed by atoms with van der Waals surface area (Å²) in [6.45, 7) is 1.25. The molecule has 0 aliphatic carbocycles. The second-order valence-corrected chi connectivity index (χ2v) is 5.07. The molecule has 2 aromatic rings. The van der Waals surface area contributed by atoms with Crippen molar-refractivity contribution in [3.05, 3.63) is 64.2 Å². The lowest BCUT2D eigenvalue weighted by Gasteiger charge is -2.09. The van der Waals surface area contributed by atoms with Gasteiger partial charge in [0, 0.05) is 19.3 Å². The number of methoxy groups -OCH3 is 1. The molecule has 0 atom stereocenters. The predicted octanol–water partition coefficient (Wildman–Crippen LogP) is 3.20. The second-order valence-electron chi connectivity index (χ2n) is 4.67. The zero-order valence-electron chi connectivity index (χ0n) is 11.7. The van der Waals surface area contributed by atoms with Crippen molar-refractivity contribution in [2.45, 2.75) is 13.2 Å². The third kappa shape index (κ3) is 4.21. The van der Waals surface area contributed by atoms with Crippen molar-refractivity contribution < 1.29 is 9.53 Å². The standard InChI is InChI=1S/C16H17ClN2O2/c1-21-10-12-4-2-3-11(7-12)9-19-13-5-6-14(16(18)20)15(17)8-13/h2-8,19H,9-10H2,1H3,(H2,18,20). The number of nitrogens with one attached hydrogen (secondary N) is 1. The van der Waals surface area contributed by atoms with E-state index in [0.29, 0.717) is 23.7 Å². The van der Waals surface area contributed by atoms with Crippen molar-refractivity contribution in [1.82, 2.24) is 0 Å². The number of amides is 1. The first kappa shape index (κ1) is 15.4. The van der Waals surface area contributed by atoms with Gasteiger partial charge < -0.3 is 15.8 Å². The summed E-state index contributed by atoms with van der Waals surface area (Å²) in [5, 5.41) is 3.61. The molecule has 0 aliphatic heterocycles. The first-order valence-electron chi connectivity index (χ1n) is 6.50. The summed E-state index contributed by atoms with van der Waals surface area (Å²) < 4.78 is 5.12. The van der Waals surface area contributed by atoms with Crippen LogP contribution >= 0.6 is 11.6 Å². The van der Waals surface area contributed by atoms with Gasteiger partial charge in [0.1, 0.15) is 0 Å². The van der Waals surface area contributed by atoms with Gasteiger partial charge in [0.05, 0.1) is 17.2 Å². The summed E-state index contributed by atoms with van der Waals surface area (Å²) in [5.74, 6) is -0.529. The number of hydrogen-bond donors (Lipinski definition) is 2. The molecule has 0 saturated heterocycles. The monoisotopic (exact) mass is 304 g/mol. The minimum absolute atomic E-state index is 0.323. The smallest absolute Gasteiger partial charge is 0.250 e. The maximum atomic E-state index is 11.1. The average molecular weight is 305 g/mol. The zero-order valence-corrected chi connectivity index (χ0v) is 12.5. The number of halogens is 1. The third-order valence-electron chi connectivity index (χ3n) is 3.03. The molecule has 4 nitrogen and oxygen atoms in total. The van der Waals surface area contributed by atoms with E-state index in [1.54, 1.807) is 25.3 Å². The highest BCUT2D eigenvalue weighted by Crippen LogP contribution is 2.21. The van der Waals surface area contributed by atoms with E-state index < -0.39 is 5.91 Å². The molecule has 3 N–H and O–H groups in total. The van der Waals surface area contributed by atoms with Gasteiger partial charge in [0.15, 0.2) is 0 Å². The Bertz CT molecular complexity index is 644. The Morgan fingerprint density at radius 3 is 2.67 bits per heavy atom. The number of rotatable bonds is 6. The van der Waals surface area contributed by atoms with Gasteiger partial charge in [0.2, 0.25) is 5.91 Å². The molecule has 0 spiro atoms. The molecule has 5 heteroatoms. The number of benzene rings is 2. The lowest BCUT2D eigenvalue weighted by Crippen LogP contribution is -2.11. The number of nitrogens with two attached hydrogens (primary N) is 1. The van der Waals surface area contributed by atoms with Crippen molar-refractivity contribution in [3.8, 4) is 0 Å². The van der Waals surface area contributed by atoms with Gasteiger partial charge in [-0.25, -0.2) is 0 Å². The lowest BCUT2D eigenvalue weighted by molar-refractivity contribution is 0.100. The summed E-state index contributed by atoms with van der Waals surface area (Å²) >= 11 is 6.02. The molecule has 0 aliphatic rings. The molecule has 0 heterocycles. The molecule has 0 radical (unpaired) electrons. The fraction of sp³-hybridized carbons (Fsp3) is 0.188. The van der Waals surface area contributed by atoms with E-state index in [1.165, 1.54) is 0 Å². The van der Waals surface area contributed by atoms with Gasteiger partial charge in [-0.1, -0.05) is 35.9 Å². The first-order chi connectivity index (χ1) is 10.1. The Morgan fingerprint density at radius 1 is 1.24 bits per heavy atom. The quantitative estimate of drug-likeness (QED) is 0.861. The number of carbonyl (C=O) groups is 1. The molecular formula is C16H17ClN2O2. The summed E-state index contributed by atoms with van der Waals surface area (Å²) in [6, 6.07) is 13.2. The Balaban J connectivity index is 2.04. The average Bonchev–Trinajstić information content (AvgIpc) is 2.45. The normalized spacial score (nSPS) is 10.4. The van der Waals surface area contributed by atoms with Crippen LogP contribution in [0.1, 0.15) is 21.5 Å². The fourth-order valence-corrected chi connectivity index (χ4v) is 2.30. The highest BCUT2D eigenvalue weighted by molar-refractivity contribution is 6.34. The largest absolute Gasteiger partial charge is 0.381 e. The van der Waals surface area contributed by atoms with Gasteiger partial charge in [-0.3, -0.25) is 4.79 Å². The summed E-state index contributed by atoms with van der Waals surface area (Å²) in [4.78, 5) is 11.1. The molecule has 110 valence electrons. The zero-order chi connectivity index (χ0) is 15.2. The SMILES string of the molecule is COCc1cccc(CNc2ccc(C(N)=O)c(Cl)c2)c1. The predicted molar refractivity (Wildman–Crippen MR) is 84.5 cm³/mol. The van der Waals surface area contributed by atoms with E-state index >= 15 is 0 Å². The molecule has 0 fully saturated rings. The van der Waals surface area contributed by atoms with Crippen molar-refractivity contribution in [2.75, 3.05) is 12.4 Å². The van der Waals surface area contributed by atoms with Gasteiger partial charge in [0.25, 0.3) is 0 Å². The van der Waals surface area contributed by atoms with Gasteiger partial charge >= 0.3 is 0 Å². The molecule has 2 rings (SSSR count). The van der Waals surface area contributed by atoms with E-state index in [2.05, 4.69) is 11.4 Å². The maximum absolute atomic E-state index is 11.1. The van der Waals surface area contributed by atoms with Crippen LogP contribution < -0.4 is 11.1 Å². The van der Waals surface area contributed by atoms with Gasteiger partial charge in [-0.2, -0.15) is 0 Å². The summed E-state index contributed by atoms with van der Waals surface area (Å²) in [5.41, 5.74) is 8.64. The van der Waals surface area contributed by atoms with E-state index in [4.69, 9.17) is 22.1 Å². The van der Waals surface area contributed by atoms with E-state index in [-0.39, 0.29) is 0 Å². The topological polar surface area (TPSA) is 64.3 Å². The second kappa shape index (κ2) is 7.11. The van der Waals surface area contributed by atoms with Crippen LogP contribution in [0.15, 0.2) is 42.5 Å². The number of anilines is 1. The molecule has 2 aromatic carbocycles. The number of primary amides is 1. The van der Waals surface area contributed by atoms with Crippen LogP contribution in [0.2, 0.25) is 5.02 Å². The van der Waals surface area contributed by atoms with E-state index in [0.717, 1.165) is 16.8 Å².